The summed E-state index contributed by atoms with van der Waals surface area (Å²) in [4.78, 5) is 22.9. The number of nitrogens with one attached hydrogen (secondary N) is 1. The average Bonchev–Trinajstić information content (AvgIpc) is 2.13. The van der Waals surface area contributed by atoms with Crippen LogP contribution in [-0.2, 0) is 4.79 Å². The van der Waals surface area contributed by atoms with Crippen LogP contribution in [0.3, 0.4) is 0 Å². The van der Waals surface area contributed by atoms with Gasteiger partial charge in [-0.05, 0) is 12.8 Å². The van der Waals surface area contributed by atoms with Gasteiger partial charge in [0.05, 0.1) is 0 Å². The highest BCUT2D eigenvalue weighted by Crippen LogP contribution is 1.93. The Morgan fingerprint density at radius 3 is 2.57 bits per heavy atom. The van der Waals surface area contributed by atoms with Gasteiger partial charge < -0.3 is 15.3 Å². The lowest BCUT2D eigenvalue weighted by atomic mass is 10.3. The molecule has 82 valence electrons. The number of carbonyl (C=O) groups excluding carboxylic acids is 1. The van der Waals surface area contributed by atoms with Gasteiger partial charge in [-0.1, -0.05) is 6.92 Å². The third kappa shape index (κ3) is 6.28. The molecule has 0 aromatic rings. The van der Waals surface area contributed by atoms with Gasteiger partial charge in [-0.25, -0.2) is 4.79 Å². The Morgan fingerprint density at radius 2 is 2.07 bits per heavy atom. The first-order valence-electron chi connectivity index (χ1n) is 4.78. The molecule has 0 unspecified atom stereocenters. The molecule has 14 heavy (non-hydrogen) atoms. The summed E-state index contributed by atoms with van der Waals surface area (Å²) in [6.45, 7) is 3.11. The van der Waals surface area contributed by atoms with Crippen molar-refractivity contribution in [3.63, 3.8) is 0 Å². The third-order valence-corrected chi connectivity index (χ3v) is 1.76. The lowest BCUT2D eigenvalue weighted by molar-refractivity contribution is -0.137. The molecule has 0 aromatic carbocycles. The highest BCUT2D eigenvalue weighted by molar-refractivity contribution is 5.73. The van der Waals surface area contributed by atoms with Gasteiger partial charge in [-0.2, -0.15) is 0 Å². The topological polar surface area (TPSA) is 69.6 Å². The molecule has 0 saturated carbocycles. The predicted molar refractivity (Wildman–Crippen MR) is 53.2 cm³/mol. The molecule has 0 aromatic heterocycles. The maximum absolute atomic E-state index is 11.2. The molecule has 0 aliphatic rings. The van der Waals surface area contributed by atoms with E-state index in [1.807, 2.05) is 6.92 Å². The van der Waals surface area contributed by atoms with Gasteiger partial charge in [-0.3, -0.25) is 4.79 Å². The lowest BCUT2D eigenvalue weighted by Gasteiger charge is -2.16. The monoisotopic (exact) mass is 202 g/mol. The zero-order valence-corrected chi connectivity index (χ0v) is 8.75. The van der Waals surface area contributed by atoms with E-state index in [1.165, 1.54) is 4.90 Å². The molecule has 0 radical (unpaired) electrons. The molecule has 0 fully saturated rings. The van der Waals surface area contributed by atoms with Crippen molar-refractivity contribution >= 4 is 12.0 Å². The summed E-state index contributed by atoms with van der Waals surface area (Å²) in [5.74, 6) is -0.827. The van der Waals surface area contributed by atoms with Gasteiger partial charge >= 0.3 is 12.0 Å². The van der Waals surface area contributed by atoms with Gasteiger partial charge in [0, 0.05) is 26.6 Å². The zero-order chi connectivity index (χ0) is 11.0. The van der Waals surface area contributed by atoms with E-state index >= 15 is 0 Å². The van der Waals surface area contributed by atoms with Gasteiger partial charge in [0.15, 0.2) is 0 Å². The van der Waals surface area contributed by atoms with E-state index in [0.29, 0.717) is 19.5 Å². The molecule has 5 heteroatoms. The number of rotatable bonds is 6. The van der Waals surface area contributed by atoms with Gasteiger partial charge in [0.1, 0.15) is 0 Å². The van der Waals surface area contributed by atoms with Crippen LogP contribution in [0.15, 0.2) is 0 Å². The molecule has 0 spiro atoms. The molecule has 2 N–H and O–H groups in total. The van der Waals surface area contributed by atoms with Gasteiger partial charge in [-0.15, -0.1) is 0 Å². The number of carbonyl (C=O) groups is 2. The second-order valence-corrected chi connectivity index (χ2v) is 3.15. The number of carboxylic acids is 1. The van der Waals surface area contributed by atoms with Crippen LogP contribution in [-0.4, -0.2) is 42.1 Å². The standard InChI is InChI=1S/C9H18N2O3/c1-3-6-10-9(14)11(2)7-4-5-8(12)13/h3-7H2,1-2H3,(H,10,14)(H,12,13). The molecule has 0 saturated heterocycles. The SMILES string of the molecule is CCCNC(=O)N(C)CCCC(=O)O. The number of amides is 2. The van der Waals surface area contributed by atoms with E-state index in [-0.39, 0.29) is 12.5 Å². The Hall–Kier alpha value is -1.26. The molecule has 0 aliphatic heterocycles. The fraction of sp³-hybridized carbons (Fsp3) is 0.778. The minimum Gasteiger partial charge on any atom is -0.481 e. The number of hydrogen-bond donors (Lipinski definition) is 2. The van der Waals surface area contributed by atoms with E-state index in [9.17, 15) is 9.59 Å². The Morgan fingerprint density at radius 1 is 1.43 bits per heavy atom. The highest BCUT2D eigenvalue weighted by Gasteiger charge is 2.07. The van der Waals surface area contributed by atoms with Crippen molar-refractivity contribution in [1.29, 1.82) is 0 Å². The number of urea groups is 1. The second kappa shape index (κ2) is 7.17. The van der Waals surface area contributed by atoms with Gasteiger partial charge in [0.2, 0.25) is 0 Å². The zero-order valence-electron chi connectivity index (χ0n) is 8.75. The molecule has 0 bridgehead atoms. The molecule has 0 atom stereocenters. The Labute approximate surface area is 84.1 Å². The summed E-state index contributed by atoms with van der Waals surface area (Å²) in [6.07, 6.45) is 1.49. The summed E-state index contributed by atoms with van der Waals surface area (Å²) in [5.41, 5.74) is 0. The van der Waals surface area contributed by atoms with Crippen LogP contribution >= 0.6 is 0 Å². The van der Waals surface area contributed by atoms with Crippen LogP contribution in [0.1, 0.15) is 26.2 Å². The maximum atomic E-state index is 11.2. The van der Waals surface area contributed by atoms with E-state index in [1.54, 1.807) is 7.05 Å². The minimum absolute atomic E-state index is 0.103. The molecule has 5 nitrogen and oxygen atoms in total. The fourth-order valence-electron chi connectivity index (χ4n) is 0.936. The van der Waals surface area contributed by atoms with Gasteiger partial charge in [0.25, 0.3) is 0 Å². The van der Waals surface area contributed by atoms with Crippen LogP contribution in [0.25, 0.3) is 0 Å². The Balaban J connectivity index is 3.56. The molecular weight excluding hydrogens is 184 g/mol. The normalized spacial score (nSPS) is 9.57. The Kier molecular flexibility index (Phi) is 6.53. The van der Waals surface area contributed by atoms with E-state index in [0.717, 1.165) is 6.42 Å². The second-order valence-electron chi connectivity index (χ2n) is 3.15. The first-order valence-corrected chi connectivity index (χ1v) is 4.78. The molecule has 0 rings (SSSR count). The quantitative estimate of drug-likeness (QED) is 0.672. The summed E-state index contributed by atoms with van der Waals surface area (Å²) in [5, 5.41) is 11.1. The summed E-state index contributed by atoms with van der Waals surface area (Å²) >= 11 is 0. The average molecular weight is 202 g/mol. The third-order valence-electron chi connectivity index (χ3n) is 1.76. The number of hydrogen-bond acceptors (Lipinski definition) is 2. The lowest BCUT2D eigenvalue weighted by Crippen LogP contribution is -2.38. The van der Waals surface area contributed by atoms with Crippen molar-refractivity contribution in [2.45, 2.75) is 26.2 Å². The highest BCUT2D eigenvalue weighted by atomic mass is 16.4. The van der Waals surface area contributed by atoms with Crippen LogP contribution in [0.4, 0.5) is 4.79 Å². The smallest absolute Gasteiger partial charge is 0.317 e. The maximum Gasteiger partial charge on any atom is 0.317 e. The van der Waals surface area contributed by atoms with E-state index in [2.05, 4.69) is 5.32 Å². The fourth-order valence-corrected chi connectivity index (χ4v) is 0.936. The number of nitrogens with zero attached hydrogens (tertiary/aromatic N) is 1. The molecular formula is C9H18N2O3. The number of aliphatic carboxylic acids is 1. The van der Waals surface area contributed by atoms with Crippen molar-refractivity contribution < 1.29 is 14.7 Å². The van der Waals surface area contributed by atoms with Crippen molar-refractivity contribution in [2.24, 2.45) is 0 Å². The Bertz CT molecular complexity index is 194. The van der Waals surface area contributed by atoms with Crippen molar-refractivity contribution in [1.82, 2.24) is 10.2 Å². The molecule has 2 amide bonds. The first kappa shape index (κ1) is 12.7. The van der Waals surface area contributed by atoms with Crippen LogP contribution < -0.4 is 5.32 Å². The van der Waals surface area contributed by atoms with Crippen molar-refractivity contribution in [3.05, 3.63) is 0 Å². The number of carboxylic acid groups (broad SMARTS) is 1. The van der Waals surface area contributed by atoms with E-state index < -0.39 is 5.97 Å². The summed E-state index contributed by atoms with van der Waals surface area (Å²) in [6, 6.07) is -0.141. The molecule has 0 heterocycles. The largest absolute Gasteiger partial charge is 0.481 e. The predicted octanol–water partition coefficient (Wildman–Crippen LogP) is 0.903. The van der Waals surface area contributed by atoms with Crippen LogP contribution in [0, 0.1) is 0 Å². The van der Waals surface area contributed by atoms with Crippen LogP contribution in [0.5, 0.6) is 0 Å². The van der Waals surface area contributed by atoms with Crippen molar-refractivity contribution in [2.75, 3.05) is 20.1 Å². The molecule has 0 aliphatic carbocycles. The van der Waals surface area contributed by atoms with Crippen molar-refractivity contribution in [3.8, 4) is 0 Å². The first-order chi connectivity index (χ1) is 6.57. The minimum atomic E-state index is -0.827. The van der Waals surface area contributed by atoms with Crippen LogP contribution in [0.2, 0.25) is 0 Å². The summed E-state index contributed by atoms with van der Waals surface area (Å²) < 4.78 is 0. The van der Waals surface area contributed by atoms with E-state index in [4.69, 9.17) is 5.11 Å². The summed E-state index contributed by atoms with van der Waals surface area (Å²) in [7, 11) is 1.66.